The summed E-state index contributed by atoms with van der Waals surface area (Å²) in [5.41, 5.74) is 0. The van der Waals surface area contributed by atoms with Crippen molar-refractivity contribution in [2.75, 3.05) is 19.3 Å². The zero-order valence-electron chi connectivity index (χ0n) is 10.3. The van der Waals surface area contributed by atoms with E-state index < -0.39 is 16.0 Å². The standard InChI is InChI=1S/C10H18N2O5S/c1-18(16,17)12-6-2-3-8(12)7-11-9(13)4-5-10(14)15/h8H,2-7H2,1H3,(H,11,13)(H,14,15)/t8-/m1/s1. The van der Waals surface area contributed by atoms with E-state index in [1.54, 1.807) is 0 Å². The third kappa shape index (κ3) is 4.61. The van der Waals surface area contributed by atoms with Crippen molar-refractivity contribution in [2.24, 2.45) is 0 Å². The van der Waals surface area contributed by atoms with Gasteiger partial charge < -0.3 is 10.4 Å². The molecule has 1 atom stereocenters. The molecule has 1 fully saturated rings. The molecule has 0 unspecified atom stereocenters. The summed E-state index contributed by atoms with van der Waals surface area (Å²) >= 11 is 0. The Hall–Kier alpha value is -1.15. The lowest BCUT2D eigenvalue weighted by Crippen LogP contribution is -2.42. The maximum Gasteiger partial charge on any atom is 0.303 e. The van der Waals surface area contributed by atoms with Gasteiger partial charge in [-0.15, -0.1) is 0 Å². The van der Waals surface area contributed by atoms with Gasteiger partial charge in [-0.2, -0.15) is 4.31 Å². The average Bonchev–Trinajstić information content (AvgIpc) is 2.71. The van der Waals surface area contributed by atoms with E-state index in [2.05, 4.69) is 5.32 Å². The van der Waals surface area contributed by atoms with Crippen LogP contribution >= 0.6 is 0 Å². The second kappa shape index (κ2) is 6.14. The van der Waals surface area contributed by atoms with Crippen molar-refractivity contribution in [3.05, 3.63) is 0 Å². The summed E-state index contributed by atoms with van der Waals surface area (Å²) in [5.74, 6) is -1.39. The first kappa shape index (κ1) is 14.9. The monoisotopic (exact) mass is 278 g/mol. The van der Waals surface area contributed by atoms with Gasteiger partial charge in [-0.3, -0.25) is 9.59 Å². The molecule has 18 heavy (non-hydrogen) atoms. The Bertz CT molecular complexity index is 420. The number of hydrogen-bond donors (Lipinski definition) is 2. The van der Waals surface area contributed by atoms with E-state index in [1.165, 1.54) is 4.31 Å². The molecule has 7 nitrogen and oxygen atoms in total. The Labute approximate surface area is 106 Å². The zero-order valence-corrected chi connectivity index (χ0v) is 11.1. The summed E-state index contributed by atoms with van der Waals surface area (Å²) in [5, 5.41) is 11.0. The molecule has 0 aromatic carbocycles. The van der Waals surface area contributed by atoms with E-state index in [-0.39, 0.29) is 31.3 Å². The van der Waals surface area contributed by atoms with Gasteiger partial charge in [0.2, 0.25) is 15.9 Å². The molecule has 0 aromatic heterocycles. The quantitative estimate of drug-likeness (QED) is 0.674. The van der Waals surface area contributed by atoms with Crippen molar-refractivity contribution in [1.29, 1.82) is 0 Å². The summed E-state index contributed by atoms with van der Waals surface area (Å²) in [7, 11) is -3.24. The SMILES string of the molecule is CS(=O)(=O)N1CCC[C@@H]1CNC(=O)CCC(=O)O. The summed E-state index contributed by atoms with van der Waals surface area (Å²) in [6, 6.07) is -0.214. The van der Waals surface area contributed by atoms with Crippen LogP contribution in [0.1, 0.15) is 25.7 Å². The molecule has 104 valence electrons. The average molecular weight is 278 g/mol. The number of sulfonamides is 1. The van der Waals surface area contributed by atoms with Crippen LogP contribution < -0.4 is 5.32 Å². The molecule has 1 amide bonds. The topological polar surface area (TPSA) is 104 Å². The van der Waals surface area contributed by atoms with E-state index in [0.717, 1.165) is 12.7 Å². The van der Waals surface area contributed by atoms with Crippen LogP contribution in [0, 0.1) is 0 Å². The maximum atomic E-state index is 11.4. The summed E-state index contributed by atoms with van der Waals surface area (Å²) in [6.45, 7) is 0.722. The number of carboxylic acids is 1. The first-order chi connectivity index (χ1) is 8.30. The van der Waals surface area contributed by atoms with Crippen molar-refractivity contribution in [1.82, 2.24) is 9.62 Å². The van der Waals surface area contributed by atoms with Gasteiger partial charge in [0, 0.05) is 25.6 Å². The number of carboxylic acid groups (broad SMARTS) is 1. The second-order valence-corrected chi connectivity index (χ2v) is 6.30. The number of nitrogens with one attached hydrogen (secondary N) is 1. The molecule has 0 radical (unpaired) electrons. The van der Waals surface area contributed by atoms with Gasteiger partial charge >= 0.3 is 5.97 Å². The fraction of sp³-hybridized carbons (Fsp3) is 0.800. The molecule has 1 rings (SSSR count). The van der Waals surface area contributed by atoms with Gasteiger partial charge in [-0.05, 0) is 12.8 Å². The predicted molar refractivity (Wildman–Crippen MR) is 64.5 cm³/mol. The molecule has 0 saturated carbocycles. The van der Waals surface area contributed by atoms with Crippen molar-refractivity contribution in [3.8, 4) is 0 Å². The third-order valence-corrected chi connectivity index (χ3v) is 4.18. The number of carbonyl (C=O) groups is 2. The fourth-order valence-corrected chi connectivity index (χ4v) is 3.17. The Kier molecular flexibility index (Phi) is 5.09. The van der Waals surface area contributed by atoms with Gasteiger partial charge in [-0.1, -0.05) is 0 Å². The van der Waals surface area contributed by atoms with E-state index in [0.29, 0.717) is 13.0 Å². The summed E-state index contributed by atoms with van der Waals surface area (Å²) < 4.78 is 24.3. The minimum atomic E-state index is -3.24. The van der Waals surface area contributed by atoms with Crippen molar-refractivity contribution < 1.29 is 23.1 Å². The minimum absolute atomic E-state index is 0.0824. The van der Waals surface area contributed by atoms with Gasteiger partial charge in [0.15, 0.2) is 0 Å². The van der Waals surface area contributed by atoms with Crippen LogP contribution in [0.25, 0.3) is 0 Å². The summed E-state index contributed by atoms with van der Waals surface area (Å²) in [6.07, 6.45) is 2.35. The van der Waals surface area contributed by atoms with E-state index in [4.69, 9.17) is 5.11 Å². The first-order valence-corrected chi connectivity index (χ1v) is 7.61. The van der Waals surface area contributed by atoms with E-state index in [1.807, 2.05) is 0 Å². The highest BCUT2D eigenvalue weighted by Crippen LogP contribution is 2.19. The third-order valence-electron chi connectivity index (χ3n) is 2.85. The van der Waals surface area contributed by atoms with Gasteiger partial charge in [0.25, 0.3) is 0 Å². The van der Waals surface area contributed by atoms with Crippen molar-refractivity contribution >= 4 is 21.9 Å². The molecule has 1 aliphatic rings. The first-order valence-electron chi connectivity index (χ1n) is 5.76. The van der Waals surface area contributed by atoms with Crippen LogP contribution in [0.4, 0.5) is 0 Å². The number of nitrogens with zero attached hydrogens (tertiary/aromatic N) is 1. The lowest BCUT2D eigenvalue weighted by molar-refractivity contribution is -0.138. The van der Waals surface area contributed by atoms with Crippen LogP contribution in [0.15, 0.2) is 0 Å². The van der Waals surface area contributed by atoms with Crippen LogP contribution in [-0.4, -0.2) is 55.1 Å². The van der Waals surface area contributed by atoms with Gasteiger partial charge in [-0.25, -0.2) is 8.42 Å². The fourth-order valence-electron chi connectivity index (χ4n) is 1.99. The molecule has 0 aromatic rings. The Morgan fingerprint density at radius 2 is 2.06 bits per heavy atom. The van der Waals surface area contributed by atoms with Crippen molar-refractivity contribution in [2.45, 2.75) is 31.7 Å². The predicted octanol–water partition coefficient (Wildman–Crippen LogP) is -0.609. The highest BCUT2D eigenvalue weighted by atomic mass is 32.2. The maximum absolute atomic E-state index is 11.4. The smallest absolute Gasteiger partial charge is 0.303 e. The molecular formula is C10H18N2O5S. The Balaban J connectivity index is 2.39. The molecule has 0 spiro atoms. The number of aliphatic carboxylic acids is 1. The van der Waals surface area contributed by atoms with Crippen LogP contribution in [0.2, 0.25) is 0 Å². The number of carbonyl (C=O) groups excluding carboxylic acids is 1. The van der Waals surface area contributed by atoms with Gasteiger partial charge in [0.1, 0.15) is 0 Å². The number of hydrogen-bond acceptors (Lipinski definition) is 4. The number of amides is 1. The van der Waals surface area contributed by atoms with E-state index >= 15 is 0 Å². The summed E-state index contributed by atoms with van der Waals surface area (Å²) in [4.78, 5) is 21.6. The molecule has 1 heterocycles. The molecule has 8 heteroatoms. The minimum Gasteiger partial charge on any atom is -0.481 e. The lowest BCUT2D eigenvalue weighted by Gasteiger charge is -2.22. The van der Waals surface area contributed by atoms with Crippen LogP contribution in [0.5, 0.6) is 0 Å². The second-order valence-electron chi connectivity index (χ2n) is 4.37. The van der Waals surface area contributed by atoms with Crippen LogP contribution in [-0.2, 0) is 19.6 Å². The van der Waals surface area contributed by atoms with Crippen molar-refractivity contribution in [3.63, 3.8) is 0 Å². The lowest BCUT2D eigenvalue weighted by atomic mass is 10.2. The van der Waals surface area contributed by atoms with Gasteiger partial charge in [0.05, 0.1) is 12.7 Å². The molecular weight excluding hydrogens is 260 g/mol. The molecule has 0 aliphatic carbocycles. The van der Waals surface area contributed by atoms with Crippen LogP contribution in [0.3, 0.4) is 0 Å². The van der Waals surface area contributed by atoms with E-state index in [9.17, 15) is 18.0 Å². The Morgan fingerprint density at radius 3 is 2.61 bits per heavy atom. The largest absolute Gasteiger partial charge is 0.481 e. The molecule has 1 saturated heterocycles. The highest BCUT2D eigenvalue weighted by Gasteiger charge is 2.31. The zero-order chi connectivity index (χ0) is 13.8. The molecule has 1 aliphatic heterocycles. The molecule has 0 bridgehead atoms. The number of rotatable bonds is 6. The normalized spacial score (nSPS) is 20.8. The Morgan fingerprint density at radius 1 is 1.39 bits per heavy atom. The molecule has 2 N–H and O–H groups in total. The highest BCUT2D eigenvalue weighted by molar-refractivity contribution is 7.88.